The van der Waals surface area contributed by atoms with Crippen molar-refractivity contribution in [2.24, 2.45) is 0 Å². The van der Waals surface area contributed by atoms with Crippen LogP contribution in [0.4, 0.5) is 0 Å². The van der Waals surface area contributed by atoms with Crippen molar-refractivity contribution in [3.8, 4) is 11.6 Å². The Balaban J connectivity index is 2.45. The van der Waals surface area contributed by atoms with E-state index in [1.165, 1.54) is 0 Å². The van der Waals surface area contributed by atoms with Crippen LogP contribution >= 0.6 is 34.8 Å². The summed E-state index contributed by atoms with van der Waals surface area (Å²) in [6, 6.07) is 7.00. The Hall–Kier alpha value is -0.960. The number of hydrogen-bond acceptors (Lipinski definition) is 2. The number of pyridine rings is 1. The van der Waals surface area contributed by atoms with Gasteiger partial charge in [-0.2, -0.15) is 0 Å². The Kier molecular flexibility index (Phi) is 4.56. The van der Waals surface area contributed by atoms with Crippen LogP contribution in [0.2, 0.25) is 10.0 Å². The predicted octanol–water partition coefficient (Wildman–Crippen LogP) is 5.54. The summed E-state index contributed by atoms with van der Waals surface area (Å²) in [7, 11) is 0. The summed E-state index contributed by atoms with van der Waals surface area (Å²) in [5, 5.41) is 1.03. The molecule has 0 amide bonds. The van der Waals surface area contributed by atoms with Gasteiger partial charge >= 0.3 is 0 Å². The van der Waals surface area contributed by atoms with E-state index in [2.05, 4.69) is 4.98 Å². The molecule has 0 bridgehead atoms. The highest BCUT2D eigenvalue weighted by molar-refractivity contribution is 6.34. The average Bonchev–Trinajstić information content (AvgIpc) is 2.33. The molecule has 0 radical (unpaired) electrons. The first-order chi connectivity index (χ1) is 9.01. The fraction of sp³-hybridized carbons (Fsp3) is 0.214. The van der Waals surface area contributed by atoms with Gasteiger partial charge in [-0.05, 0) is 37.6 Å². The van der Waals surface area contributed by atoms with Gasteiger partial charge in [0, 0.05) is 22.3 Å². The van der Waals surface area contributed by atoms with Gasteiger partial charge in [-0.1, -0.05) is 23.2 Å². The van der Waals surface area contributed by atoms with Crippen molar-refractivity contribution in [3.05, 3.63) is 51.1 Å². The predicted molar refractivity (Wildman–Crippen MR) is 79.8 cm³/mol. The second kappa shape index (κ2) is 6.00. The lowest BCUT2D eigenvalue weighted by molar-refractivity contribution is 0.456. The zero-order chi connectivity index (χ0) is 14.0. The first kappa shape index (κ1) is 14.4. The highest BCUT2D eigenvalue weighted by Crippen LogP contribution is 2.34. The number of hydrogen-bond donors (Lipinski definition) is 0. The average molecular weight is 317 g/mol. The van der Waals surface area contributed by atoms with Gasteiger partial charge in [-0.15, -0.1) is 11.6 Å². The molecule has 0 atom stereocenters. The van der Waals surface area contributed by atoms with E-state index in [9.17, 15) is 0 Å². The van der Waals surface area contributed by atoms with Crippen molar-refractivity contribution in [2.45, 2.75) is 19.7 Å². The fourth-order valence-corrected chi connectivity index (χ4v) is 2.38. The summed E-state index contributed by atoms with van der Waals surface area (Å²) < 4.78 is 5.76. The lowest BCUT2D eigenvalue weighted by Crippen LogP contribution is -1.98. The summed E-state index contributed by atoms with van der Waals surface area (Å²) >= 11 is 18.0. The Morgan fingerprint density at radius 2 is 1.89 bits per heavy atom. The molecule has 1 aromatic carbocycles. The van der Waals surface area contributed by atoms with E-state index in [-0.39, 0.29) is 0 Å². The van der Waals surface area contributed by atoms with Crippen molar-refractivity contribution in [2.75, 3.05) is 0 Å². The van der Waals surface area contributed by atoms with Crippen molar-refractivity contribution >= 4 is 34.8 Å². The molecule has 0 unspecified atom stereocenters. The van der Waals surface area contributed by atoms with Crippen LogP contribution < -0.4 is 4.74 Å². The maximum Gasteiger partial charge on any atom is 0.224 e. The standard InChI is InChI=1S/C14H12Cl3NO/c1-8-5-9(2)18-14(11(8)7-15)19-13-6-10(16)3-4-12(13)17/h3-6H,7H2,1-2H3. The molecule has 0 N–H and O–H groups in total. The molecule has 1 aromatic heterocycles. The molecule has 2 rings (SSSR count). The number of nitrogens with zero attached hydrogens (tertiary/aromatic N) is 1. The minimum Gasteiger partial charge on any atom is -0.437 e. The highest BCUT2D eigenvalue weighted by Gasteiger charge is 2.12. The number of alkyl halides is 1. The maximum absolute atomic E-state index is 6.08. The summed E-state index contributed by atoms with van der Waals surface area (Å²) in [5.74, 6) is 1.27. The van der Waals surface area contributed by atoms with Crippen LogP contribution in [-0.4, -0.2) is 4.98 Å². The van der Waals surface area contributed by atoms with Gasteiger partial charge in [0.05, 0.1) is 10.9 Å². The summed E-state index contributed by atoms with van der Waals surface area (Å²) in [5.41, 5.74) is 2.75. The van der Waals surface area contributed by atoms with Crippen LogP contribution in [0.3, 0.4) is 0 Å². The normalized spacial score (nSPS) is 10.6. The maximum atomic E-state index is 6.08. The molecule has 0 spiro atoms. The van der Waals surface area contributed by atoms with E-state index < -0.39 is 0 Å². The molecule has 2 aromatic rings. The van der Waals surface area contributed by atoms with Gasteiger partial charge in [-0.25, -0.2) is 4.98 Å². The molecule has 0 saturated carbocycles. The van der Waals surface area contributed by atoms with E-state index in [0.29, 0.717) is 27.6 Å². The van der Waals surface area contributed by atoms with Crippen molar-refractivity contribution in [1.82, 2.24) is 4.98 Å². The number of aryl methyl sites for hydroxylation is 2. The number of rotatable bonds is 3. The second-order valence-electron chi connectivity index (χ2n) is 4.17. The summed E-state index contributed by atoms with van der Waals surface area (Å²) in [6.45, 7) is 3.87. The number of ether oxygens (including phenoxy) is 1. The van der Waals surface area contributed by atoms with Gasteiger partial charge in [0.15, 0.2) is 0 Å². The lowest BCUT2D eigenvalue weighted by atomic mass is 10.1. The lowest BCUT2D eigenvalue weighted by Gasteiger charge is -2.13. The second-order valence-corrected chi connectivity index (χ2v) is 5.29. The molecule has 0 aliphatic carbocycles. The first-order valence-electron chi connectivity index (χ1n) is 5.67. The molecule has 0 aliphatic rings. The summed E-state index contributed by atoms with van der Waals surface area (Å²) in [4.78, 5) is 4.36. The van der Waals surface area contributed by atoms with Gasteiger partial charge in [0.25, 0.3) is 0 Å². The largest absolute Gasteiger partial charge is 0.437 e. The molecule has 100 valence electrons. The minimum atomic E-state index is 0.326. The highest BCUT2D eigenvalue weighted by atomic mass is 35.5. The van der Waals surface area contributed by atoms with Crippen LogP contribution in [0.25, 0.3) is 0 Å². The van der Waals surface area contributed by atoms with E-state index in [0.717, 1.165) is 16.8 Å². The number of benzene rings is 1. The van der Waals surface area contributed by atoms with Gasteiger partial charge in [-0.3, -0.25) is 0 Å². The van der Waals surface area contributed by atoms with Crippen LogP contribution in [-0.2, 0) is 5.88 Å². The molecule has 1 heterocycles. The third kappa shape index (κ3) is 3.33. The van der Waals surface area contributed by atoms with Crippen molar-refractivity contribution in [3.63, 3.8) is 0 Å². The SMILES string of the molecule is Cc1cc(C)c(CCl)c(Oc2cc(Cl)ccc2Cl)n1. The quantitative estimate of drug-likeness (QED) is 0.694. The van der Waals surface area contributed by atoms with Gasteiger partial charge in [0.2, 0.25) is 5.88 Å². The zero-order valence-electron chi connectivity index (χ0n) is 10.5. The van der Waals surface area contributed by atoms with Crippen LogP contribution in [0.1, 0.15) is 16.8 Å². The molecular weight excluding hydrogens is 305 g/mol. The third-order valence-electron chi connectivity index (χ3n) is 2.67. The Labute approximate surface area is 127 Å². The van der Waals surface area contributed by atoms with Gasteiger partial charge in [0.1, 0.15) is 5.75 Å². The number of aromatic nitrogens is 1. The summed E-state index contributed by atoms with van der Waals surface area (Å²) in [6.07, 6.45) is 0. The van der Waals surface area contributed by atoms with E-state index in [1.54, 1.807) is 18.2 Å². The zero-order valence-corrected chi connectivity index (χ0v) is 12.8. The third-order valence-corrected chi connectivity index (χ3v) is 3.49. The van der Waals surface area contributed by atoms with E-state index >= 15 is 0 Å². The van der Waals surface area contributed by atoms with Gasteiger partial charge < -0.3 is 4.74 Å². The Morgan fingerprint density at radius 1 is 1.16 bits per heavy atom. The molecule has 5 heteroatoms. The monoisotopic (exact) mass is 315 g/mol. The van der Waals surface area contributed by atoms with E-state index in [4.69, 9.17) is 39.5 Å². The van der Waals surface area contributed by atoms with Crippen molar-refractivity contribution < 1.29 is 4.74 Å². The van der Waals surface area contributed by atoms with E-state index in [1.807, 2.05) is 19.9 Å². The Bertz CT molecular complexity index is 614. The molecular formula is C14H12Cl3NO. The molecule has 0 aliphatic heterocycles. The topological polar surface area (TPSA) is 22.1 Å². The first-order valence-corrected chi connectivity index (χ1v) is 6.96. The molecule has 2 nitrogen and oxygen atoms in total. The van der Waals surface area contributed by atoms with Crippen molar-refractivity contribution in [1.29, 1.82) is 0 Å². The minimum absolute atomic E-state index is 0.326. The number of halogens is 3. The van der Waals surface area contributed by atoms with Crippen LogP contribution in [0.15, 0.2) is 24.3 Å². The molecule has 19 heavy (non-hydrogen) atoms. The molecule has 0 saturated heterocycles. The fourth-order valence-electron chi connectivity index (χ4n) is 1.74. The molecule has 0 fully saturated rings. The van der Waals surface area contributed by atoms with Crippen LogP contribution in [0.5, 0.6) is 11.6 Å². The smallest absolute Gasteiger partial charge is 0.224 e. The van der Waals surface area contributed by atoms with Crippen LogP contribution in [0, 0.1) is 13.8 Å². The Morgan fingerprint density at radius 3 is 2.58 bits per heavy atom.